The number of fused-ring (bicyclic) bond motifs is 2. The van der Waals surface area contributed by atoms with Crippen LogP contribution in [0.15, 0.2) is 73.2 Å². The fraction of sp³-hybridized carbons (Fsp3) is 0.0455. The molecular weight excluding hydrogens is 355 g/mol. The van der Waals surface area contributed by atoms with Gasteiger partial charge in [0.25, 0.3) is 0 Å². The molecule has 3 heterocycles. The summed E-state index contributed by atoms with van der Waals surface area (Å²) < 4.78 is 21.0. The SMILES string of the molecule is COc1ccc2nc(-c3cccnc3)nc(-n3ccc4cc(F)ccc43)c2c1. The third-order valence-electron chi connectivity index (χ3n) is 4.68. The first-order chi connectivity index (χ1) is 13.7. The Morgan fingerprint density at radius 3 is 2.75 bits per heavy atom. The van der Waals surface area contributed by atoms with Gasteiger partial charge >= 0.3 is 0 Å². The van der Waals surface area contributed by atoms with E-state index in [-0.39, 0.29) is 5.82 Å². The van der Waals surface area contributed by atoms with Crippen LogP contribution in [0.3, 0.4) is 0 Å². The van der Waals surface area contributed by atoms with Gasteiger partial charge in [0, 0.05) is 34.9 Å². The standard InChI is InChI=1S/C22H15FN4O/c1-28-17-5-6-19-18(12-17)22(26-21(25-19)15-3-2-9-24-13-15)27-10-8-14-11-16(23)4-7-20(14)27/h2-13H,1H3. The molecule has 2 aromatic carbocycles. The number of pyridine rings is 1. The molecule has 136 valence electrons. The molecule has 0 atom stereocenters. The van der Waals surface area contributed by atoms with Gasteiger partial charge in [-0.3, -0.25) is 4.98 Å². The second kappa shape index (κ2) is 6.42. The van der Waals surface area contributed by atoms with Crippen LogP contribution in [0.2, 0.25) is 0 Å². The van der Waals surface area contributed by atoms with Crippen LogP contribution >= 0.6 is 0 Å². The number of benzene rings is 2. The molecule has 5 nitrogen and oxygen atoms in total. The topological polar surface area (TPSA) is 52.8 Å². The van der Waals surface area contributed by atoms with Gasteiger partial charge in [0.2, 0.25) is 0 Å². The van der Waals surface area contributed by atoms with E-state index in [0.717, 1.165) is 27.4 Å². The van der Waals surface area contributed by atoms with Crippen LogP contribution in [0, 0.1) is 5.82 Å². The van der Waals surface area contributed by atoms with E-state index in [9.17, 15) is 4.39 Å². The van der Waals surface area contributed by atoms with Crippen LogP contribution in [0.25, 0.3) is 39.0 Å². The van der Waals surface area contributed by atoms with Crippen LogP contribution in [-0.4, -0.2) is 26.6 Å². The van der Waals surface area contributed by atoms with Crippen molar-refractivity contribution in [2.75, 3.05) is 7.11 Å². The molecule has 0 spiro atoms. The molecule has 5 rings (SSSR count). The summed E-state index contributed by atoms with van der Waals surface area (Å²) in [6, 6.07) is 16.0. The van der Waals surface area contributed by atoms with Gasteiger partial charge in [-0.25, -0.2) is 14.4 Å². The highest BCUT2D eigenvalue weighted by molar-refractivity contribution is 5.91. The van der Waals surface area contributed by atoms with Crippen LogP contribution in [0.4, 0.5) is 4.39 Å². The van der Waals surface area contributed by atoms with Crippen molar-refractivity contribution in [1.82, 2.24) is 19.5 Å². The summed E-state index contributed by atoms with van der Waals surface area (Å²) in [5, 5.41) is 1.64. The minimum absolute atomic E-state index is 0.268. The van der Waals surface area contributed by atoms with E-state index in [0.29, 0.717) is 17.4 Å². The van der Waals surface area contributed by atoms with Gasteiger partial charge in [-0.1, -0.05) is 0 Å². The van der Waals surface area contributed by atoms with Crippen LogP contribution in [-0.2, 0) is 0 Å². The van der Waals surface area contributed by atoms with Gasteiger partial charge in [-0.15, -0.1) is 0 Å². The first-order valence-electron chi connectivity index (χ1n) is 8.76. The Balaban J connectivity index is 1.84. The molecule has 0 radical (unpaired) electrons. The van der Waals surface area contributed by atoms with Gasteiger partial charge in [0.15, 0.2) is 5.82 Å². The van der Waals surface area contributed by atoms with E-state index in [1.807, 2.05) is 47.2 Å². The molecule has 0 aliphatic carbocycles. The van der Waals surface area contributed by atoms with Crippen LogP contribution in [0.1, 0.15) is 0 Å². The third kappa shape index (κ3) is 2.66. The predicted molar refractivity (Wildman–Crippen MR) is 106 cm³/mol. The fourth-order valence-electron chi connectivity index (χ4n) is 3.32. The lowest BCUT2D eigenvalue weighted by Gasteiger charge is -2.12. The molecule has 6 heteroatoms. The minimum atomic E-state index is -0.268. The monoisotopic (exact) mass is 370 g/mol. The average molecular weight is 370 g/mol. The molecular formula is C22H15FN4O. The van der Waals surface area contributed by atoms with Crippen LogP contribution in [0.5, 0.6) is 5.75 Å². The molecule has 0 N–H and O–H groups in total. The molecule has 0 unspecified atom stereocenters. The molecule has 0 saturated heterocycles. The van der Waals surface area contributed by atoms with Crippen molar-refractivity contribution in [3.05, 3.63) is 79.0 Å². The highest BCUT2D eigenvalue weighted by Crippen LogP contribution is 2.30. The normalized spacial score (nSPS) is 11.2. The quantitative estimate of drug-likeness (QED) is 0.458. The van der Waals surface area contributed by atoms with Gasteiger partial charge in [-0.2, -0.15) is 0 Å². The van der Waals surface area contributed by atoms with Gasteiger partial charge < -0.3 is 9.30 Å². The molecule has 28 heavy (non-hydrogen) atoms. The van der Waals surface area contributed by atoms with Crippen LogP contribution < -0.4 is 4.74 Å². The Hall–Kier alpha value is -3.80. The number of rotatable bonds is 3. The molecule has 3 aromatic heterocycles. The molecule has 0 amide bonds. The zero-order valence-corrected chi connectivity index (χ0v) is 15.0. The molecule has 0 saturated carbocycles. The van der Waals surface area contributed by atoms with Gasteiger partial charge in [0.1, 0.15) is 17.4 Å². The van der Waals surface area contributed by atoms with Crippen molar-refractivity contribution in [3.8, 4) is 23.0 Å². The Bertz CT molecular complexity index is 1310. The van der Waals surface area contributed by atoms with Crippen molar-refractivity contribution >= 4 is 21.8 Å². The number of methoxy groups -OCH3 is 1. The second-order valence-corrected chi connectivity index (χ2v) is 6.38. The summed E-state index contributed by atoms with van der Waals surface area (Å²) in [5.74, 6) is 1.72. The molecule has 5 aromatic rings. The smallest absolute Gasteiger partial charge is 0.163 e. The zero-order valence-electron chi connectivity index (χ0n) is 15.0. The first kappa shape index (κ1) is 16.4. The highest BCUT2D eigenvalue weighted by Gasteiger charge is 2.14. The van der Waals surface area contributed by atoms with Gasteiger partial charge in [-0.05, 0) is 54.6 Å². The van der Waals surface area contributed by atoms with Crippen molar-refractivity contribution in [2.24, 2.45) is 0 Å². The summed E-state index contributed by atoms with van der Waals surface area (Å²) in [7, 11) is 1.62. The minimum Gasteiger partial charge on any atom is -0.497 e. The first-order valence-corrected chi connectivity index (χ1v) is 8.76. The van der Waals surface area contributed by atoms with E-state index in [1.165, 1.54) is 12.1 Å². The van der Waals surface area contributed by atoms with E-state index in [1.54, 1.807) is 25.6 Å². The van der Waals surface area contributed by atoms with E-state index >= 15 is 0 Å². The number of ether oxygens (including phenoxy) is 1. The lowest BCUT2D eigenvalue weighted by molar-refractivity contribution is 0.415. The van der Waals surface area contributed by atoms with E-state index in [2.05, 4.69) is 4.98 Å². The number of nitrogens with zero attached hydrogens (tertiary/aromatic N) is 4. The third-order valence-corrected chi connectivity index (χ3v) is 4.68. The summed E-state index contributed by atoms with van der Waals surface area (Å²) in [6.07, 6.45) is 5.33. The van der Waals surface area contributed by atoms with Crippen molar-refractivity contribution in [3.63, 3.8) is 0 Å². The summed E-state index contributed by atoms with van der Waals surface area (Å²) in [4.78, 5) is 13.7. The predicted octanol–water partition coefficient (Wildman–Crippen LogP) is 4.78. The lowest BCUT2D eigenvalue weighted by atomic mass is 10.2. The lowest BCUT2D eigenvalue weighted by Crippen LogP contribution is -2.02. The van der Waals surface area contributed by atoms with E-state index in [4.69, 9.17) is 14.7 Å². The average Bonchev–Trinajstić information content (AvgIpc) is 3.16. The second-order valence-electron chi connectivity index (χ2n) is 6.38. The Morgan fingerprint density at radius 1 is 1.00 bits per heavy atom. The number of hydrogen-bond acceptors (Lipinski definition) is 4. The maximum atomic E-state index is 13.6. The number of hydrogen-bond donors (Lipinski definition) is 0. The summed E-state index contributed by atoms with van der Waals surface area (Å²) in [5.41, 5.74) is 2.47. The largest absolute Gasteiger partial charge is 0.497 e. The maximum absolute atomic E-state index is 13.6. The highest BCUT2D eigenvalue weighted by atomic mass is 19.1. The Morgan fingerprint density at radius 2 is 1.93 bits per heavy atom. The molecule has 0 aliphatic heterocycles. The number of halogens is 1. The molecule has 0 fully saturated rings. The molecule has 0 bridgehead atoms. The maximum Gasteiger partial charge on any atom is 0.163 e. The number of aromatic nitrogens is 4. The van der Waals surface area contributed by atoms with Crippen molar-refractivity contribution in [2.45, 2.75) is 0 Å². The summed E-state index contributed by atoms with van der Waals surface area (Å²) >= 11 is 0. The Kier molecular flexibility index (Phi) is 3.76. The van der Waals surface area contributed by atoms with Gasteiger partial charge in [0.05, 0.1) is 18.1 Å². The summed E-state index contributed by atoms with van der Waals surface area (Å²) in [6.45, 7) is 0. The zero-order chi connectivity index (χ0) is 19.1. The Labute approximate surface area is 160 Å². The van der Waals surface area contributed by atoms with Crippen molar-refractivity contribution < 1.29 is 9.13 Å². The molecule has 0 aliphatic rings. The fourth-order valence-corrected chi connectivity index (χ4v) is 3.32. The van der Waals surface area contributed by atoms with Crippen molar-refractivity contribution in [1.29, 1.82) is 0 Å². The van der Waals surface area contributed by atoms with E-state index < -0.39 is 0 Å².